The van der Waals surface area contributed by atoms with Crippen LogP contribution < -0.4 is 0 Å². The van der Waals surface area contributed by atoms with Gasteiger partial charge >= 0.3 is 0 Å². The Kier molecular flexibility index (Phi) is 11.7. The smallest absolute Gasteiger partial charge is 0.165 e. The summed E-state index contributed by atoms with van der Waals surface area (Å²) in [7, 11) is 0. The highest BCUT2D eigenvalue weighted by molar-refractivity contribution is 5.08. The van der Waals surface area contributed by atoms with Crippen LogP contribution in [0.25, 0.3) is 0 Å². The molecule has 0 fully saturated rings. The predicted molar refractivity (Wildman–Crippen MR) is 116 cm³/mol. The highest BCUT2D eigenvalue weighted by Crippen LogP contribution is 2.26. The van der Waals surface area contributed by atoms with Crippen molar-refractivity contribution >= 4 is 0 Å². The first-order valence-electron chi connectivity index (χ1n) is 10.0. The summed E-state index contributed by atoms with van der Waals surface area (Å²) >= 11 is 0. The van der Waals surface area contributed by atoms with Crippen molar-refractivity contribution in [2.45, 2.75) is 104 Å². The van der Waals surface area contributed by atoms with Gasteiger partial charge in [-0.05, 0) is 66.2 Å². The van der Waals surface area contributed by atoms with Gasteiger partial charge in [0.2, 0.25) is 0 Å². The standard InChI is InChI=1S/C14H24N4.C8H12N4/c1-11(2)7-13(5,9-15)17-18-14(6,10-16)8-12(3)4;1-7(2,5-9)11-12-8(3,4)6-10/h11-12H,7-8H2,1-6H3;1-4H3/b18-17+;12-11+. The molecule has 0 aliphatic rings. The normalized spacial score (nSPS) is 16.0. The summed E-state index contributed by atoms with van der Waals surface area (Å²) in [5.74, 6) is 0.735. The number of nitriles is 4. The van der Waals surface area contributed by atoms with E-state index in [0.717, 1.165) is 0 Å². The van der Waals surface area contributed by atoms with Crippen LogP contribution >= 0.6 is 0 Å². The highest BCUT2D eigenvalue weighted by Gasteiger charge is 2.29. The van der Waals surface area contributed by atoms with Gasteiger partial charge in [-0.15, -0.1) is 0 Å². The molecular weight excluding hydrogens is 376 g/mol. The van der Waals surface area contributed by atoms with Gasteiger partial charge in [0.05, 0.1) is 24.3 Å². The van der Waals surface area contributed by atoms with Crippen LogP contribution in [0, 0.1) is 57.2 Å². The average molecular weight is 413 g/mol. The summed E-state index contributed by atoms with van der Waals surface area (Å²) in [5, 5.41) is 51.4. The van der Waals surface area contributed by atoms with Gasteiger partial charge < -0.3 is 0 Å². The third-order valence-corrected chi connectivity index (χ3v) is 3.68. The number of hydrogen-bond acceptors (Lipinski definition) is 8. The van der Waals surface area contributed by atoms with Crippen LogP contribution in [0.2, 0.25) is 0 Å². The summed E-state index contributed by atoms with van der Waals surface area (Å²) in [4.78, 5) is 0. The zero-order valence-corrected chi connectivity index (χ0v) is 20.1. The molecule has 0 saturated heterocycles. The summed E-state index contributed by atoms with van der Waals surface area (Å²) in [6.07, 6.45) is 1.30. The van der Waals surface area contributed by atoms with Crippen LogP contribution in [0.4, 0.5) is 0 Å². The molecule has 0 aromatic rings. The number of hydrogen-bond donors (Lipinski definition) is 0. The molecule has 0 bridgehead atoms. The van der Waals surface area contributed by atoms with E-state index >= 15 is 0 Å². The topological polar surface area (TPSA) is 145 Å². The second kappa shape index (κ2) is 12.0. The van der Waals surface area contributed by atoms with E-state index in [9.17, 15) is 10.5 Å². The Morgan fingerprint density at radius 2 is 0.800 bits per heavy atom. The lowest BCUT2D eigenvalue weighted by Gasteiger charge is -2.22. The lowest BCUT2D eigenvalue weighted by molar-refractivity contribution is 0.384. The lowest BCUT2D eigenvalue weighted by Crippen LogP contribution is -2.26. The van der Waals surface area contributed by atoms with Gasteiger partial charge in [-0.25, -0.2) is 0 Å². The van der Waals surface area contributed by atoms with Gasteiger partial charge in [-0.3, -0.25) is 0 Å². The molecule has 0 radical (unpaired) electrons. The van der Waals surface area contributed by atoms with E-state index in [1.165, 1.54) is 0 Å². The van der Waals surface area contributed by atoms with Crippen molar-refractivity contribution in [1.29, 1.82) is 21.0 Å². The molecule has 8 heteroatoms. The van der Waals surface area contributed by atoms with Crippen LogP contribution in [0.15, 0.2) is 20.5 Å². The molecule has 2 atom stereocenters. The first kappa shape index (κ1) is 29.4. The van der Waals surface area contributed by atoms with Gasteiger partial charge in [0.25, 0.3) is 0 Å². The van der Waals surface area contributed by atoms with Gasteiger partial charge in [-0.2, -0.15) is 41.5 Å². The van der Waals surface area contributed by atoms with Gasteiger partial charge in [-0.1, -0.05) is 27.7 Å². The summed E-state index contributed by atoms with van der Waals surface area (Å²) in [6.45, 7) is 18.3. The molecule has 0 saturated carbocycles. The quantitative estimate of drug-likeness (QED) is 0.441. The molecular formula is C22H36N8. The van der Waals surface area contributed by atoms with Gasteiger partial charge in [0.15, 0.2) is 22.2 Å². The second-order valence-corrected chi connectivity index (χ2v) is 9.71. The summed E-state index contributed by atoms with van der Waals surface area (Å²) in [5.41, 5.74) is -3.34. The highest BCUT2D eigenvalue weighted by atomic mass is 15.2. The van der Waals surface area contributed by atoms with E-state index in [4.69, 9.17) is 10.5 Å². The minimum absolute atomic E-state index is 0.368. The largest absolute Gasteiger partial charge is 0.196 e. The molecule has 2 unspecified atom stereocenters. The van der Waals surface area contributed by atoms with Crippen LogP contribution in [-0.2, 0) is 0 Å². The van der Waals surface area contributed by atoms with E-state index < -0.39 is 22.2 Å². The Morgan fingerprint density at radius 3 is 0.967 bits per heavy atom. The molecule has 0 aliphatic heterocycles. The van der Waals surface area contributed by atoms with Crippen LogP contribution in [0.5, 0.6) is 0 Å². The molecule has 0 amide bonds. The van der Waals surface area contributed by atoms with E-state index in [1.807, 2.05) is 39.8 Å². The molecule has 164 valence electrons. The van der Waals surface area contributed by atoms with Crippen LogP contribution in [-0.4, -0.2) is 22.2 Å². The van der Waals surface area contributed by atoms with E-state index in [2.05, 4.69) is 32.6 Å². The van der Waals surface area contributed by atoms with Gasteiger partial charge in [0.1, 0.15) is 0 Å². The predicted octanol–water partition coefficient (Wildman–Crippen LogP) is 6.14. The maximum Gasteiger partial charge on any atom is 0.165 e. The minimum atomic E-state index is -0.839. The maximum atomic E-state index is 9.20. The molecule has 8 nitrogen and oxygen atoms in total. The second-order valence-electron chi connectivity index (χ2n) is 9.71. The minimum Gasteiger partial charge on any atom is -0.196 e. The first-order chi connectivity index (χ1) is 13.5. The Hall–Kier alpha value is -2.84. The molecule has 30 heavy (non-hydrogen) atoms. The maximum absolute atomic E-state index is 9.20. The zero-order chi connectivity index (χ0) is 24.2. The molecule has 0 aromatic heterocycles. The van der Waals surface area contributed by atoms with Crippen molar-refractivity contribution in [2.24, 2.45) is 32.3 Å². The molecule has 0 spiro atoms. The summed E-state index contributed by atoms with van der Waals surface area (Å²) in [6, 6.07) is 8.32. The van der Waals surface area contributed by atoms with Crippen molar-refractivity contribution < 1.29 is 0 Å². The fourth-order valence-electron chi connectivity index (χ4n) is 2.32. The molecule has 0 heterocycles. The first-order valence-corrected chi connectivity index (χ1v) is 10.0. The van der Waals surface area contributed by atoms with Crippen molar-refractivity contribution in [3.05, 3.63) is 0 Å². The van der Waals surface area contributed by atoms with E-state index in [0.29, 0.717) is 24.7 Å². The van der Waals surface area contributed by atoms with Gasteiger partial charge in [0, 0.05) is 0 Å². The Labute approximate surface area is 182 Å². The zero-order valence-electron chi connectivity index (χ0n) is 20.1. The SMILES string of the molecule is CC(C)(C#N)/N=N/C(C)(C)C#N.CC(C)CC(C)(C#N)/N=N/C(C)(C#N)CC(C)C. The Balaban J connectivity index is 0. The third kappa shape index (κ3) is 13.4. The number of nitrogens with zero attached hydrogens (tertiary/aromatic N) is 8. The van der Waals surface area contributed by atoms with Crippen molar-refractivity contribution in [3.63, 3.8) is 0 Å². The fourth-order valence-corrected chi connectivity index (χ4v) is 2.32. The molecule has 0 aliphatic carbocycles. The average Bonchev–Trinajstić information content (AvgIpc) is 2.64. The van der Waals surface area contributed by atoms with Crippen molar-refractivity contribution in [1.82, 2.24) is 0 Å². The van der Waals surface area contributed by atoms with E-state index in [1.54, 1.807) is 41.5 Å². The fraction of sp³-hybridized carbons (Fsp3) is 0.818. The van der Waals surface area contributed by atoms with Crippen molar-refractivity contribution in [2.75, 3.05) is 0 Å². The Bertz CT molecular complexity index is 701. The van der Waals surface area contributed by atoms with Crippen molar-refractivity contribution in [3.8, 4) is 24.3 Å². The Morgan fingerprint density at radius 1 is 0.533 bits per heavy atom. The van der Waals surface area contributed by atoms with E-state index in [-0.39, 0.29) is 0 Å². The number of azo groups is 2. The molecule has 0 rings (SSSR count). The van der Waals surface area contributed by atoms with Crippen LogP contribution in [0.3, 0.4) is 0 Å². The monoisotopic (exact) mass is 412 g/mol. The molecule has 0 N–H and O–H groups in total. The summed E-state index contributed by atoms with van der Waals surface area (Å²) < 4.78 is 0. The number of rotatable bonds is 8. The van der Waals surface area contributed by atoms with Crippen LogP contribution in [0.1, 0.15) is 82.1 Å². The lowest BCUT2D eigenvalue weighted by atomic mass is 9.92. The third-order valence-electron chi connectivity index (χ3n) is 3.68. The molecule has 0 aromatic carbocycles.